The van der Waals surface area contributed by atoms with Crippen LogP contribution in [0.15, 0.2) is 24.3 Å². The van der Waals surface area contributed by atoms with Gasteiger partial charge in [0.2, 0.25) is 6.41 Å². The third-order valence-corrected chi connectivity index (χ3v) is 2.62. The number of nitrogens with one attached hydrogen (secondary N) is 1. The van der Waals surface area contributed by atoms with Crippen LogP contribution in [0.1, 0.15) is 18.4 Å². The summed E-state index contributed by atoms with van der Waals surface area (Å²) in [6.45, 7) is 0. The van der Waals surface area contributed by atoms with Crippen molar-refractivity contribution in [3.05, 3.63) is 34.9 Å². The molecule has 1 atom stereocenters. The number of carbonyl (C=O) groups is 2. The maximum atomic E-state index is 10.5. The van der Waals surface area contributed by atoms with Gasteiger partial charge in [-0.05, 0) is 30.5 Å². The molecule has 0 fully saturated rings. The van der Waals surface area contributed by atoms with Crippen molar-refractivity contribution in [3.63, 3.8) is 0 Å². The van der Waals surface area contributed by atoms with E-state index in [1.165, 1.54) is 0 Å². The van der Waals surface area contributed by atoms with E-state index in [0.29, 0.717) is 24.3 Å². The van der Waals surface area contributed by atoms with Gasteiger partial charge in [0.1, 0.15) is 0 Å². The average Bonchev–Trinajstić information content (AvgIpc) is 2.26. The maximum absolute atomic E-state index is 10.5. The summed E-state index contributed by atoms with van der Waals surface area (Å²) in [5, 5.41) is 11.9. The number of rotatable bonds is 7. The third-order valence-electron chi connectivity index (χ3n) is 2.38. The molecule has 1 aromatic carbocycles. The standard InChI is InChI=1S/C12H14ClNO3/c13-10-3-1-2-9(6-10)7-11(14-8-15)4-5-12(16)17/h1-3,6,8,11H,4-5,7H2,(H,14,15)(H,16,17). The minimum absolute atomic E-state index is 0.0338. The van der Waals surface area contributed by atoms with Gasteiger partial charge >= 0.3 is 5.97 Å². The number of halogens is 1. The average molecular weight is 256 g/mol. The molecule has 1 amide bonds. The van der Waals surface area contributed by atoms with Crippen LogP contribution in [-0.2, 0) is 16.0 Å². The van der Waals surface area contributed by atoms with Crippen LogP contribution in [0.5, 0.6) is 0 Å². The second-order valence-corrected chi connectivity index (χ2v) is 4.18. The van der Waals surface area contributed by atoms with Crippen molar-refractivity contribution in [2.75, 3.05) is 0 Å². The van der Waals surface area contributed by atoms with Gasteiger partial charge in [-0.2, -0.15) is 0 Å². The number of carboxylic acids is 1. The number of hydrogen-bond donors (Lipinski definition) is 2. The molecule has 2 N–H and O–H groups in total. The van der Waals surface area contributed by atoms with Gasteiger partial charge < -0.3 is 10.4 Å². The van der Waals surface area contributed by atoms with Crippen LogP contribution in [0.4, 0.5) is 0 Å². The first-order valence-corrected chi connectivity index (χ1v) is 5.65. The minimum Gasteiger partial charge on any atom is -0.481 e. The predicted octanol–water partition coefficient (Wildman–Crippen LogP) is 1.86. The van der Waals surface area contributed by atoms with Crippen molar-refractivity contribution in [1.82, 2.24) is 5.32 Å². The fourth-order valence-electron chi connectivity index (χ4n) is 1.59. The molecule has 0 aliphatic heterocycles. The highest BCUT2D eigenvalue weighted by atomic mass is 35.5. The zero-order chi connectivity index (χ0) is 12.7. The Morgan fingerprint density at radius 2 is 2.29 bits per heavy atom. The molecule has 4 nitrogen and oxygen atoms in total. The van der Waals surface area contributed by atoms with Gasteiger partial charge in [-0.3, -0.25) is 9.59 Å². The Kier molecular flexibility index (Phi) is 5.49. The Labute approximate surface area is 105 Å². The Bertz CT molecular complexity index is 395. The molecule has 0 saturated carbocycles. The van der Waals surface area contributed by atoms with Crippen molar-refractivity contribution >= 4 is 24.0 Å². The van der Waals surface area contributed by atoms with E-state index in [9.17, 15) is 9.59 Å². The summed E-state index contributed by atoms with van der Waals surface area (Å²) < 4.78 is 0. The molecule has 0 aromatic heterocycles. The van der Waals surface area contributed by atoms with E-state index in [2.05, 4.69) is 5.32 Å². The first-order chi connectivity index (χ1) is 8.11. The summed E-state index contributed by atoms with van der Waals surface area (Å²) in [5.41, 5.74) is 0.974. The van der Waals surface area contributed by atoms with Gasteiger partial charge in [0, 0.05) is 17.5 Å². The molecule has 92 valence electrons. The molecule has 0 radical (unpaired) electrons. The summed E-state index contributed by atoms with van der Waals surface area (Å²) in [4.78, 5) is 20.9. The highest BCUT2D eigenvalue weighted by Crippen LogP contribution is 2.13. The van der Waals surface area contributed by atoms with Crippen molar-refractivity contribution in [2.24, 2.45) is 0 Å². The minimum atomic E-state index is -0.867. The van der Waals surface area contributed by atoms with Crippen LogP contribution in [0.25, 0.3) is 0 Å². The number of aliphatic carboxylic acids is 1. The van der Waals surface area contributed by atoms with E-state index in [-0.39, 0.29) is 12.5 Å². The molecule has 17 heavy (non-hydrogen) atoms. The highest BCUT2D eigenvalue weighted by molar-refractivity contribution is 6.30. The van der Waals surface area contributed by atoms with Crippen LogP contribution in [0.2, 0.25) is 5.02 Å². The first kappa shape index (κ1) is 13.5. The summed E-state index contributed by atoms with van der Waals surface area (Å²) in [6, 6.07) is 7.12. The maximum Gasteiger partial charge on any atom is 0.303 e. The Balaban J connectivity index is 2.59. The normalized spacial score (nSPS) is 11.8. The lowest BCUT2D eigenvalue weighted by molar-refractivity contribution is -0.137. The molecule has 0 heterocycles. The predicted molar refractivity (Wildman–Crippen MR) is 65.0 cm³/mol. The van der Waals surface area contributed by atoms with Gasteiger partial charge in [-0.15, -0.1) is 0 Å². The van der Waals surface area contributed by atoms with E-state index < -0.39 is 5.97 Å². The molecule has 0 aliphatic rings. The van der Waals surface area contributed by atoms with Crippen LogP contribution in [0.3, 0.4) is 0 Å². The molecule has 5 heteroatoms. The van der Waals surface area contributed by atoms with Crippen molar-refractivity contribution in [3.8, 4) is 0 Å². The number of benzene rings is 1. The molecule has 0 spiro atoms. The molecular weight excluding hydrogens is 242 g/mol. The second kappa shape index (κ2) is 6.91. The number of carboxylic acid groups (broad SMARTS) is 1. The lowest BCUT2D eigenvalue weighted by Gasteiger charge is -2.15. The monoisotopic (exact) mass is 255 g/mol. The fourth-order valence-corrected chi connectivity index (χ4v) is 1.80. The summed E-state index contributed by atoms with van der Waals surface area (Å²) in [7, 11) is 0. The van der Waals surface area contributed by atoms with Crippen LogP contribution >= 0.6 is 11.6 Å². The lowest BCUT2D eigenvalue weighted by Crippen LogP contribution is -2.30. The van der Waals surface area contributed by atoms with E-state index in [4.69, 9.17) is 16.7 Å². The third kappa shape index (κ3) is 5.36. The summed E-state index contributed by atoms with van der Waals surface area (Å²) in [6.07, 6.45) is 1.61. The zero-order valence-electron chi connectivity index (χ0n) is 9.23. The largest absolute Gasteiger partial charge is 0.481 e. The van der Waals surface area contributed by atoms with Crippen LogP contribution in [-0.4, -0.2) is 23.5 Å². The highest BCUT2D eigenvalue weighted by Gasteiger charge is 2.10. The zero-order valence-corrected chi connectivity index (χ0v) is 9.98. The summed E-state index contributed by atoms with van der Waals surface area (Å²) in [5.74, 6) is -0.867. The van der Waals surface area contributed by atoms with E-state index in [0.717, 1.165) is 5.56 Å². The van der Waals surface area contributed by atoms with E-state index >= 15 is 0 Å². The summed E-state index contributed by atoms with van der Waals surface area (Å²) >= 11 is 5.85. The molecule has 0 saturated heterocycles. The van der Waals surface area contributed by atoms with Crippen molar-refractivity contribution in [1.29, 1.82) is 0 Å². The second-order valence-electron chi connectivity index (χ2n) is 3.75. The topological polar surface area (TPSA) is 66.4 Å². The van der Waals surface area contributed by atoms with Gasteiger partial charge in [0.15, 0.2) is 0 Å². The van der Waals surface area contributed by atoms with Crippen LogP contribution < -0.4 is 5.32 Å². The Hall–Kier alpha value is -1.55. The van der Waals surface area contributed by atoms with Gasteiger partial charge in [-0.1, -0.05) is 23.7 Å². The number of amides is 1. The molecule has 0 aliphatic carbocycles. The Morgan fingerprint density at radius 3 is 2.88 bits per heavy atom. The number of hydrogen-bond acceptors (Lipinski definition) is 2. The molecular formula is C12H14ClNO3. The first-order valence-electron chi connectivity index (χ1n) is 5.27. The fraction of sp³-hybridized carbons (Fsp3) is 0.333. The lowest BCUT2D eigenvalue weighted by atomic mass is 10.0. The molecule has 1 aromatic rings. The van der Waals surface area contributed by atoms with Crippen molar-refractivity contribution < 1.29 is 14.7 Å². The van der Waals surface area contributed by atoms with E-state index in [1.54, 1.807) is 6.07 Å². The SMILES string of the molecule is O=CNC(CCC(=O)O)Cc1cccc(Cl)c1. The quantitative estimate of drug-likeness (QED) is 0.731. The molecule has 0 bridgehead atoms. The van der Waals surface area contributed by atoms with Gasteiger partial charge in [0.25, 0.3) is 0 Å². The molecule has 1 rings (SSSR count). The van der Waals surface area contributed by atoms with Gasteiger partial charge in [0.05, 0.1) is 0 Å². The van der Waals surface area contributed by atoms with E-state index in [1.807, 2.05) is 18.2 Å². The van der Waals surface area contributed by atoms with Gasteiger partial charge in [-0.25, -0.2) is 0 Å². The Morgan fingerprint density at radius 1 is 1.53 bits per heavy atom. The smallest absolute Gasteiger partial charge is 0.303 e. The van der Waals surface area contributed by atoms with Crippen LogP contribution in [0, 0.1) is 0 Å². The van der Waals surface area contributed by atoms with Crippen molar-refractivity contribution in [2.45, 2.75) is 25.3 Å². The molecule has 1 unspecified atom stereocenters. The number of carbonyl (C=O) groups excluding carboxylic acids is 1.